The molecular weight excluding hydrogens is 640 g/mol. The van der Waals surface area contributed by atoms with E-state index in [1.807, 2.05) is 12.2 Å². The molecule has 4 amide bonds. The van der Waals surface area contributed by atoms with Gasteiger partial charge in [-0.1, -0.05) is 18.2 Å². The van der Waals surface area contributed by atoms with Crippen LogP contribution in [0.2, 0.25) is 0 Å². The van der Waals surface area contributed by atoms with Crippen molar-refractivity contribution in [1.82, 2.24) is 30.1 Å². The van der Waals surface area contributed by atoms with Crippen LogP contribution in [0.25, 0.3) is 0 Å². The Morgan fingerprint density at radius 1 is 1.10 bits per heavy atom. The summed E-state index contributed by atoms with van der Waals surface area (Å²) in [5, 5.41) is 5.04. The third-order valence-electron chi connectivity index (χ3n) is 9.39. The molecule has 0 aromatic carbocycles. The fraction of sp³-hybridized carbons (Fsp3) is 0.667. The number of rotatable bonds is 7. The molecule has 14 nitrogen and oxygen atoms in total. The van der Waals surface area contributed by atoms with E-state index in [1.165, 1.54) is 4.90 Å². The van der Waals surface area contributed by atoms with Gasteiger partial charge in [0.1, 0.15) is 29.3 Å². The molecule has 1 saturated heterocycles. The Labute approximate surface area is 281 Å². The van der Waals surface area contributed by atoms with Crippen LogP contribution in [0, 0.1) is 5.92 Å². The SMILES string of the molecule is CC(C)(C)OC(=O)N[C@H]1CN(C2CC2)CCC/C=C\C2C[C@@]2(C(=O)NS(=O)(=O)C2CC2)NC(=O)[C@@H]2C[C@@H](Oc3ccccn3)CN2C1=O. The lowest BCUT2D eigenvalue weighted by atomic mass is 10.1. The van der Waals surface area contributed by atoms with Gasteiger partial charge in [-0.2, -0.15) is 0 Å². The number of sulfonamides is 1. The highest BCUT2D eigenvalue weighted by atomic mass is 32.2. The molecule has 1 unspecified atom stereocenters. The molecule has 3 saturated carbocycles. The first-order chi connectivity index (χ1) is 22.7. The van der Waals surface area contributed by atoms with Crippen LogP contribution < -0.4 is 20.1 Å². The van der Waals surface area contributed by atoms with Crippen molar-refractivity contribution >= 4 is 33.8 Å². The number of allylic oxidation sites excluding steroid dienone is 1. The number of carbonyl (C=O) groups is 4. The average Bonchev–Trinajstić information content (AvgIpc) is 3.89. The van der Waals surface area contributed by atoms with E-state index in [1.54, 1.807) is 45.2 Å². The molecule has 1 aromatic heterocycles. The van der Waals surface area contributed by atoms with Crippen molar-refractivity contribution in [3.63, 3.8) is 0 Å². The Morgan fingerprint density at radius 3 is 2.54 bits per heavy atom. The minimum Gasteiger partial charge on any atom is -0.472 e. The molecule has 6 rings (SSSR count). The number of alkyl carbamates (subject to hydrolysis) is 1. The second kappa shape index (κ2) is 13.3. The van der Waals surface area contributed by atoms with Crippen LogP contribution >= 0.6 is 0 Å². The minimum absolute atomic E-state index is 0.0298. The van der Waals surface area contributed by atoms with Crippen molar-refractivity contribution in [2.45, 2.75) is 113 Å². The van der Waals surface area contributed by atoms with Gasteiger partial charge < -0.3 is 25.0 Å². The van der Waals surface area contributed by atoms with E-state index in [0.717, 1.165) is 19.3 Å². The summed E-state index contributed by atoms with van der Waals surface area (Å²) >= 11 is 0. The second-order valence-electron chi connectivity index (χ2n) is 14.6. The lowest BCUT2D eigenvalue weighted by molar-refractivity contribution is -0.141. The maximum atomic E-state index is 14.5. The van der Waals surface area contributed by atoms with Crippen LogP contribution in [0.15, 0.2) is 36.5 Å². The number of ether oxygens (including phenoxy) is 2. The summed E-state index contributed by atoms with van der Waals surface area (Å²) in [7, 11) is -3.86. The van der Waals surface area contributed by atoms with Gasteiger partial charge in [-0.25, -0.2) is 18.2 Å². The van der Waals surface area contributed by atoms with Crippen molar-refractivity contribution < 1.29 is 37.1 Å². The molecule has 15 heteroatoms. The first-order valence-electron chi connectivity index (χ1n) is 16.9. The van der Waals surface area contributed by atoms with Gasteiger partial charge in [-0.15, -0.1) is 0 Å². The number of carbonyl (C=O) groups excluding carboxylic acids is 4. The molecule has 0 spiro atoms. The van der Waals surface area contributed by atoms with Crippen molar-refractivity contribution in [2.24, 2.45) is 5.92 Å². The lowest BCUT2D eigenvalue weighted by Crippen LogP contribution is -2.60. The Bertz CT molecular complexity index is 1540. The molecule has 1 aromatic rings. The predicted molar refractivity (Wildman–Crippen MR) is 174 cm³/mol. The molecule has 0 bridgehead atoms. The summed E-state index contributed by atoms with van der Waals surface area (Å²) in [5.74, 6) is -1.93. The van der Waals surface area contributed by atoms with Crippen LogP contribution in [0.5, 0.6) is 5.88 Å². The number of hydrogen-bond donors (Lipinski definition) is 3. The molecular formula is C33H46N6O8S. The van der Waals surface area contributed by atoms with Gasteiger partial charge in [-0.3, -0.25) is 24.0 Å². The fourth-order valence-electron chi connectivity index (χ4n) is 6.53. The number of hydrogen-bond acceptors (Lipinski definition) is 10. The topological polar surface area (TPSA) is 176 Å². The van der Waals surface area contributed by atoms with E-state index < -0.39 is 74.3 Å². The normalized spacial score (nSPS) is 30.9. The minimum atomic E-state index is -3.86. The maximum Gasteiger partial charge on any atom is 0.408 e. The number of amides is 4. The van der Waals surface area contributed by atoms with Gasteiger partial charge in [0.15, 0.2) is 0 Å². The first kappa shape index (κ1) is 34.2. The van der Waals surface area contributed by atoms with Gasteiger partial charge in [0, 0.05) is 37.2 Å². The van der Waals surface area contributed by atoms with E-state index in [4.69, 9.17) is 9.47 Å². The molecule has 3 N–H and O–H groups in total. The summed E-state index contributed by atoms with van der Waals surface area (Å²) < 4.78 is 39.3. The maximum absolute atomic E-state index is 14.5. The Kier molecular flexibility index (Phi) is 9.46. The van der Waals surface area contributed by atoms with Crippen LogP contribution in [-0.4, -0.2) is 107 Å². The van der Waals surface area contributed by atoms with Gasteiger partial charge in [-0.05, 0) is 78.3 Å². The molecule has 3 aliphatic carbocycles. The molecule has 2 aliphatic heterocycles. The number of nitrogens with one attached hydrogen (secondary N) is 3. The van der Waals surface area contributed by atoms with Crippen LogP contribution in [0.4, 0.5) is 4.79 Å². The number of aromatic nitrogens is 1. The molecule has 4 fully saturated rings. The fourth-order valence-corrected chi connectivity index (χ4v) is 7.90. The summed E-state index contributed by atoms with van der Waals surface area (Å²) in [4.78, 5) is 63.1. The zero-order valence-corrected chi connectivity index (χ0v) is 28.5. The van der Waals surface area contributed by atoms with Crippen molar-refractivity contribution in [3.8, 4) is 5.88 Å². The highest BCUT2D eigenvalue weighted by molar-refractivity contribution is 7.91. The second-order valence-corrected chi connectivity index (χ2v) is 16.6. The van der Waals surface area contributed by atoms with E-state index in [-0.39, 0.29) is 32.0 Å². The van der Waals surface area contributed by atoms with Gasteiger partial charge >= 0.3 is 6.09 Å². The monoisotopic (exact) mass is 686 g/mol. The average molecular weight is 687 g/mol. The standard InChI is InChI=1S/C33H46N6O8S/c1-32(2,3)47-31(43)35-25-20-38(22-11-12-22)16-8-4-5-9-21-18-33(21,30(42)37-48(44,45)24-13-14-24)36-28(40)26-17-23(19-39(26)29(25)41)46-27-10-6-7-15-34-27/h5-7,9-10,15,21-26H,4,8,11-14,16-20H2,1-3H3,(H,35,43)(H,36,40)(H,37,42)/b9-5-/t21?,23-,25+,26+,33-/m1/s1. The van der Waals surface area contributed by atoms with Crippen molar-refractivity contribution in [1.29, 1.82) is 0 Å². The highest BCUT2D eigenvalue weighted by Crippen LogP contribution is 2.46. The molecule has 0 radical (unpaired) electrons. The summed E-state index contributed by atoms with van der Waals surface area (Å²) in [6, 6.07) is 3.38. The zero-order chi connectivity index (χ0) is 34.3. The highest BCUT2D eigenvalue weighted by Gasteiger charge is 2.62. The van der Waals surface area contributed by atoms with E-state index in [0.29, 0.717) is 31.7 Å². The van der Waals surface area contributed by atoms with Gasteiger partial charge in [0.05, 0.1) is 11.8 Å². The van der Waals surface area contributed by atoms with Crippen molar-refractivity contribution in [3.05, 3.63) is 36.5 Å². The molecule has 262 valence electrons. The van der Waals surface area contributed by atoms with E-state index >= 15 is 0 Å². The van der Waals surface area contributed by atoms with E-state index in [9.17, 15) is 27.6 Å². The summed E-state index contributed by atoms with van der Waals surface area (Å²) in [6.07, 6.45) is 8.78. The van der Waals surface area contributed by atoms with Gasteiger partial charge in [0.25, 0.3) is 5.91 Å². The lowest BCUT2D eigenvalue weighted by Gasteiger charge is -2.33. The van der Waals surface area contributed by atoms with Crippen LogP contribution in [-0.2, 0) is 29.1 Å². The van der Waals surface area contributed by atoms with Gasteiger partial charge in [0.2, 0.25) is 27.7 Å². The largest absolute Gasteiger partial charge is 0.472 e. The Hall–Kier alpha value is -3.72. The van der Waals surface area contributed by atoms with Crippen molar-refractivity contribution in [2.75, 3.05) is 19.6 Å². The van der Waals surface area contributed by atoms with Crippen LogP contribution in [0.1, 0.15) is 72.1 Å². The smallest absolute Gasteiger partial charge is 0.408 e. The Balaban J connectivity index is 1.31. The molecule has 5 atom stereocenters. The predicted octanol–water partition coefficient (Wildman–Crippen LogP) is 1.62. The summed E-state index contributed by atoms with van der Waals surface area (Å²) in [6.45, 7) is 6.16. The first-order valence-corrected chi connectivity index (χ1v) is 18.5. The zero-order valence-electron chi connectivity index (χ0n) is 27.7. The molecule has 5 aliphatic rings. The van der Waals surface area contributed by atoms with Crippen LogP contribution in [0.3, 0.4) is 0 Å². The third kappa shape index (κ3) is 8.11. The number of pyridine rings is 1. The number of nitrogens with zero attached hydrogens (tertiary/aromatic N) is 3. The van der Waals surface area contributed by atoms with E-state index in [2.05, 4.69) is 25.2 Å². The number of fused-ring (bicyclic) bond motifs is 2. The quantitative estimate of drug-likeness (QED) is 0.358. The molecule has 48 heavy (non-hydrogen) atoms. The Morgan fingerprint density at radius 2 is 1.88 bits per heavy atom. The summed E-state index contributed by atoms with van der Waals surface area (Å²) in [5.41, 5.74) is -2.27. The third-order valence-corrected chi connectivity index (χ3v) is 11.2. The molecule has 3 heterocycles.